The zero-order valence-electron chi connectivity index (χ0n) is 16.0. The molecule has 1 aliphatic carbocycles. The minimum absolute atomic E-state index is 0.128. The van der Waals surface area contributed by atoms with Crippen molar-refractivity contribution in [3.8, 4) is 0 Å². The van der Waals surface area contributed by atoms with Crippen LogP contribution in [-0.4, -0.2) is 48.5 Å². The minimum Gasteiger partial charge on any atom is -0.480 e. The van der Waals surface area contributed by atoms with Crippen LogP contribution < -0.4 is 5.73 Å². The van der Waals surface area contributed by atoms with Gasteiger partial charge in [0.2, 0.25) is 0 Å². The molecule has 0 bridgehead atoms. The number of carboxylic acid groups (broad SMARTS) is 1. The highest BCUT2D eigenvalue weighted by molar-refractivity contribution is 6.08. The molecular weight excluding hydrogens is 299 g/mol. The average molecular weight is 336 g/mol. The third kappa shape index (κ3) is 4.75. The van der Waals surface area contributed by atoms with Crippen molar-refractivity contribution in [3.05, 3.63) is 0 Å². The second kappa shape index (κ2) is 8.22. The van der Waals surface area contributed by atoms with Crippen LogP contribution in [0.3, 0.4) is 0 Å². The molecule has 0 amide bonds. The highest BCUT2D eigenvalue weighted by Gasteiger charge is 2.43. The van der Waals surface area contributed by atoms with Crippen LogP contribution in [0.2, 0.25) is 6.32 Å². The Morgan fingerprint density at radius 3 is 2.29 bits per heavy atom. The first-order valence-electron chi connectivity index (χ1n) is 10.0. The van der Waals surface area contributed by atoms with Gasteiger partial charge in [-0.1, -0.05) is 33.0 Å². The fourth-order valence-electron chi connectivity index (χ4n) is 4.68. The van der Waals surface area contributed by atoms with Gasteiger partial charge < -0.3 is 15.7 Å². The van der Waals surface area contributed by atoms with E-state index in [2.05, 4.69) is 26.6 Å². The summed E-state index contributed by atoms with van der Waals surface area (Å²) < 4.78 is 0. The molecule has 0 aromatic rings. The van der Waals surface area contributed by atoms with E-state index in [-0.39, 0.29) is 5.92 Å². The fourth-order valence-corrected chi connectivity index (χ4v) is 4.68. The number of carboxylic acids is 1. The Morgan fingerprint density at radius 1 is 1.21 bits per heavy atom. The van der Waals surface area contributed by atoms with Crippen LogP contribution in [0.1, 0.15) is 71.6 Å². The molecule has 0 radical (unpaired) electrons. The summed E-state index contributed by atoms with van der Waals surface area (Å²) >= 11 is 0. The number of rotatable bonds is 7. The van der Waals surface area contributed by atoms with E-state index in [1.54, 1.807) is 0 Å². The van der Waals surface area contributed by atoms with Crippen LogP contribution in [0.15, 0.2) is 0 Å². The van der Waals surface area contributed by atoms with Crippen molar-refractivity contribution in [2.24, 2.45) is 17.1 Å². The molecule has 138 valence electrons. The normalized spacial score (nSPS) is 26.1. The second-order valence-corrected chi connectivity index (χ2v) is 9.01. The lowest BCUT2D eigenvalue weighted by molar-refractivity contribution is -0.147. The molecule has 1 saturated heterocycles. The van der Waals surface area contributed by atoms with E-state index in [4.69, 9.17) is 5.73 Å². The Morgan fingerprint density at radius 2 is 1.79 bits per heavy atom. The number of likely N-dealkylation sites (tertiary alicyclic amines) is 1. The second-order valence-electron chi connectivity index (χ2n) is 9.01. The van der Waals surface area contributed by atoms with Crippen molar-refractivity contribution in [2.45, 2.75) is 89.5 Å². The maximum absolute atomic E-state index is 11.8. The number of hydrogen-bond donors (Lipinski definition) is 2. The summed E-state index contributed by atoms with van der Waals surface area (Å²) in [5.74, 6) is -0.667. The lowest BCUT2D eigenvalue weighted by atomic mass is 9.73. The Balaban J connectivity index is 1.87. The van der Waals surface area contributed by atoms with E-state index in [1.807, 2.05) is 0 Å². The van der Waals surface area contributed by atoms with Crippen molar-refractivity contribution in [1.29, 1.82) is 0 Å². The maximum Gasteiger partial charge on any atom is 0.323 e. The predicted octanol–water partition coefficient (Wildman–Crippen LogP) is 2.67. The monoisotopic (exact) mass is 336 g/mol. The topological polar surface area (TPSA) is 66.6 Å². The SMILES string of the molecule is BCCCCC(N)(C(=O)O)C1CCN(C2CCC(C)(C)CC2)CC1. The molecule has 4 nitrogen and oxygen atoms in total. The van der Waals surface area contributed by atoms with Gasteiger partial charge in [-0.05, 0) is 69.4 Å². The van der Waals surface area contributed by atoms with E-state index >= 15 is 0 Å². The number of aliphatic carboxylic acids is 1. The molecule has 0 aromatic heterocycles. The van der Waals surface area contributed by atoms with Gasteiger partial charge in [0.1, 0.15) is 13.4 Å². The van der Waals surface area contributed by atoms with Gasteiger partial charge in [-0.2, -0.15) is 0 Å². The lowest BCUT2D eigenvalue weighted by Gasteiger charge is -2.45. The first-order valence-corrected chi connectivity index (χ1v) is 10.0. The molecule has 1 aliphatic heterocycles. The fraction of sp³-hybridized carbons (Fsp3) is 0.947. The number of carbonyl (C=O) groups is 1. The van der Waals surface area contributed by atoms with Gasteiger partial charge in [0.25, 0.3) is 0 Å². The van der Waals surface area contributed by atoms with Gasteiger partial charge in [-0.25, -0.2) is 0 Å². The molecular formula is C19H37BN2O2. The number of unbranched alkanes of at least 4 members (excludes halogenated alkanes) is 1. The van der Waals surface area contributed by atoms with E-state index in [9.17, 15) is 9.90 Å². The highest BCUT2D eigenvalue weighted by Crippen LogP contribution is 2.39. The Bertz CT molecular complexity index is 412. The van der Waals surface area contributed by atoms with Gasteiger partial charge in [-0.15, -0.1) is 0 Å². The van der Waals surface area contributed by atoms with E-state index < -0.39 is 11.5 Å². The van der Waals surface area contributed by atoms with Crippen LogP contribution in [0.4, 0.5) is 0 Å². The minimum atomic E-state index is -1.02. The van der Waals surface area contributed by atoms with Crippen LogP contribution in [0, 0.1) is 11.3 Å². The van der Waals surface area contributed by atoms with Crippen molar-refractivity contribution < 1.29 is 9.90 Å². The van der Waals surface area contributed by atoms with Crippen molar-refractivity contribution in [1.82, 2.24) is 4.90 Å². The van der Waals surface area contributed by atoms with Gasteiger partial charge in [0, 0.05) is 6.04 Å². The van der Waals surface area contributed by atoms with Gasteiger partial charge in [0.15, 0.2) is 0 Å². The van der Waals surface area contributed by atoms with Gasteiger partial charge in [-0.3, -0.25) is 4.79 Å². The molecule has 1 saturated carbocycles. The quantitative estimate of drug-likeness (QED) is 0.554. The average Bonchev–Trinajstić information content (AvgIpc) is 2.55. The number of hydrogen-bond acceptors (Lipinski definition) is 3. The summed E-state index contributed by atoms with van der Waals surface area (Å²) in [6, 6.07) is 0.705. The van der Waals surface area contributed by atoms with Crippen molar-refractivity contribution >= 4 is 13.8 Å². The molecule has 0 aromatic carbocycles. The third-order valence-electron chi connectivity index (χ3n) is 6.68. The summed E-state index contributed by atoms with van der Waals surface area (Å²) in [5.41, 5.74) is 5.88. The van der Waals surface area contributed by atoms with Crippen LogP contribution >= 0.6 is 0 Å². The molecule has 0 spiro atoms. The summed E-state index contributed by atoms with van der Waals surface area (Å²) in [6.45, 7) is 6.80. The maximum atomic E-state index is 11.8. The van der Waals surface area contributed by atoms with Gasteiger partial charge >= 0.3 is 5.97 Å². The van der Waals surface area contributed by atoms with E-state index in [0.29, 0.717) is 17.9 Å². The standard InChI is InChI=1S/C19H37BN2O2/c1-18(2)10-5-16(6-11-18)22-13-7-15(8-14-22)19(21,17(23)24)9-3-4-12-20/h15-16H,3-14,20-21H2,1-2H3,(H,23,24). The zero-order chi connectivity index (χ0) is 17.8. The molecule has 1 unspecified atom stereocenters. The first-order chi connectivity index (χ1) is 11.3. The molecule has 2 aliphatic rings. The zero-order valence-corrected chi connectivity index (χ0v) is 16.0. The smallest absolute Gasteiger partial charge is 0.323 e. The van der Waals surface area contributed by atoms with Crippen molar-refractivity contribution in [3.63, 3.8) is 0 Å². The predicted molar refractivity (Wildman–Crippen MR) is 102 cm³/mol. The number of nitrogens with zero attached hydrogens (tertiary/aromatic N) is 1. The summed E-state index contributed by atoms with van der Waals surface area (Å²) in [4.78, 5) is 14.4. The van der Waals surface area contributed by atoms with Crippen LogP contribution in [0.5, 0.6) is 0 Å². The Kier molecular flexibility index (Phi) is 6.78. The summed E-state index contributed by atoms with van der Waals surface area (Å²) in [7, 11) is 2.14. The van der Waals surface area contributed by atoms with Crippen LogP contribution in [0.25, 0.3) is 0 Å². The molecule has 5 heteroatoms. The van der Waals surface area contributed by atoms with Gasteiger partial charge in [0.05, 0.1) is 0 Å². The largest absolute Gasteiger partial charge is 0.480 e. The van der Waals surface area contributed by atoms with Crippen LogP contribution in [-0.2, 0) is 4.79 Å². The third-order valence-corrected chi connectivity index (χ3v) is 6.68. The summed E-state index contributed by atoms with van der Waals surface area (Å²) in [5, 5.41) is 9.72. The Hall–Kier alpha value is -0.545. The lowest BCUT2D eigenvalue weighted by Crippen LogP contribution is -2.57. The molecule has 24 heavy (non-hydrogen) atoms. The highest BCUT2D eigenvalue weighted by atomic mass is 16.4. The molecule has 1 atom stereocenters. The summed E-state index contributed by atoms with van der Waals surface area (Å²) in [6.07, 6.45) is 10.8. The van der Waals surface area contributed by atoms with Crippen molar-refractivity contribution in [2.75, 3.05) is 13.1 Å². The van der Waals surface area contributed by atoms with E-state index in [0.717, 1.165) is 45.1 Å². The first kappa shape index (κ1) is 19.8. The molecule has 2 rings (SSSR count). The molecule has 2 fully saturated rings. The molecule has 1 heterocycles. The Labute approximate surface area is 149 Å². The van der Waals surface area contributed by atoms with E-state index in [1.165, 1.54) is 25.7 Å². The number of nitrogens with two attached hydrogens (primary N) is 1. The number of piperidine rings is 1. The molecule has 3 N–H and O–H groups in total.